The van der Waals surface area contributed by atoms with Gasteiger partial charge in [0.15, 0.2) is 0 Å². The maximum absolute atomic E-state index is 12.9. The highest BCUT2D eigenvalue weighted by Crippen LogP contribution is 2.20. The predicted molar refractivity (Wildman–Crippen MR) is 98.5 cm³/mol. The van der Waals surface area contributed by atoms with Crippen molar-refractivity contribution in [3.05, 3.63) is 23.9 Å². The molecule has 1 aromatic rings. The average molecular weight is 333 g/mol. The zero-order valence-corrected chi connectivity index (χ0v) is 15.5. The number of carbonyl (C=O) groups excluding carboxylic acids is 1. The highest BCUT2D eigenvalue weighted by atomic mass is 16.2. The summed E-state index contributed by atoms with van der Waals surface area (Å²) in [5, 5.41) is 3.01. The first kappa shape index (κ1) is 18.7. The molecule has 2 rings (SSSR count). The fraction of sp³-hybridized carbons (Fsp3) is 0.667. The van der Waals surface area contributed by atoms with E-state index in [4.69, 9.17) is 0 Å². The van der Waals surface area contributed by atoms with Gasteiger partial charge in [-0.2, -0.15) is 0 Å². The Morgan fingerprint density at radius 2 is 2.17 bits per heavy atom. The second-order valence-corrected chi connectivity index (χ2v) is 6.83. The van der Waals surface area contributed by atoms with Crippen LogP contribution in [0.2, 0.25) is 0 Å². The molecule has 1 aliphatic heterocycles. The number of likely N-dealkylation sites (tertiary alicyclic amines) is 1. The third-order valence-electron chi connectivity index (χ3n) is 4.70. The van der Waals surface area contributed by atoms with Crippen LogP contribution in [-0.2, 0) is 0 Å². The van der Waals surface area contributed by atoms with Crippen molar-refractivity contribution >= 4 is 11.7 Å². The number of amides is 1. The summed E-state index contributed by atoms with van der Waals surface area (Å²) in [5.41, 5.74) is 0.663. The maximum Gasteiger partial charge on any atom is 0.257 e. The first-order valence-corrected chi connectivity index (χ1v) is 8.80. The normalized spacial score (nSPS) is 18.2. The van der Waals surface area contributed by atoms with E-state index in [9.17, 15) is 4.79 Å². The maximum atomic E-state index is 12.9. The van der Waals surface area contributed by atoms with Crippen LogP contribution in [0.5, 0.6) is 0 Å². The number of likely N-dealkylation sites (N-methyl/N-ethyl adjacent to an activating group) is 1. The van der Waals surface area contributed by atoms with Crippen LogP contribution in [0.15, 0.2) is 18.3 Å². The van der Waals surface area contributed by atoms with Crippen molar-refractivity contribution < 1.29 is 4.79 Å². The molecule has 0 saturated carbocycles. The molecule has 1 fully saturated rings. The number of pyridine rings is 1. The monoisotopic (exact) mass is 333 g/mol. The van der Waals surface area contributed by atoms with E-state index in [0.29, 0.717) is 17.4 Å². The first-order chi connectivity index (χ1) is 11.5. The minimum absolute atomic E-state index is 0.0823. The van der Waals surface area contributed by atoms with Gasteiger partial charge in [0.25, 0.3) is 5.91 Å². The van der Waals surface area contributed by atoms with Crippen LogP contribution in [0.25, 0.3) is 0 Å². The summed E-state index contributed by atoms with van der Waals surface area (Å²) < 4.78 is 0. The highest BCUT2D eigenvalue weighted by molar-refractivity contribution is 5.98. The summed E-state index contributed by atoms with van der Waals surface area (Å²) in [6.07, 6.45) is 5.08. The quantitative estimate of drug-likeness (QED) is 0.822. The van der Waals surface area contributed by atoms with E-state index >= 15 is 0 Å². The summed E-state index contributed by atoms with van der Waals surface area (Å²) in [4.78, 5) is 23.7. The number of anilines is 1. The second kappa shape index (κ2) is 8.99. The van der Waals surface area contributed by atoms with E-state index in [1.165, 1.54) is 0 Å². The fourth-order valence-corrected chi connectivity index (χ4v) is 3.27. The molecule has 0 radical (unpaired) electrons. The minimum Gasteiger partial charge on any atom is -0.372 e. The van der Waals surface area contributed by atoms with Crippen LogP contribution in [-0.4, -0.2) is 86.0 Å². The number of hydrogen-bond acceptors (Lipinski definition) is 5. The molecule has 6 nitrogen and oxygen atoms in total. The van der Waals surface area contributed by atoms with Gasteiger partial charge in [-0.1, -0.05) is 0 Å². The van der Waals surface area contributed by atoms with Crippen LogP contribution in [0.1, 0.15) is 29.6 Å². The van der Waals surface area contributed by atoms with Crippen LogP contribution in [0, 0.1) is 0 Å². The molecule has 1 aliphatic rings. The molecule has 1 N–H and O–H groups in total. The smallest absolute Gasteiger partial charge is 0.257 e. The number of piperidine rings is 1. The molecule has 1 saturated heterocycles. The Balaban J connectivity index is 1.95. The van der Waals surface area contributed by atoms with Crippen molar-refractivity contribution in [2.45, 2.75) is 25.3 Å². The fourth-order valence-electron chi connectivity index (χ4n) is 3.27. The zero-order chi connectivity index (χ0) is 17.5. The summed E-state index contributed by atoms with van der Waals surface area (Å²) in [6.45, 7) is 3.80. The number of carbonyl (C=O) groups is 1. The molecule has 1 atom stereocenters. The third-order valence-corrected chi connectivity index (χ3v) is 4.70. The van der Waals surface area contributed by atoms with Crippen molar-refractivity contribution in [2.75, 3.05) is 59.7 Å². The minimum atomic E-state index is 0.0823. The Morgan fingerprint density at radius 3 is 2.88 bits per heavy atom. The lowest BCUT2D eigenvalue weighted by molar-refractivity contribution is 0.0608. The van der Waals surface area contributed by atoms with Gasteiger partial charge in [0.05, 0.1) is 5.56 Å². The largest absolute Gasteiger partial charge is 0.372 e. The molecule has 0 aliphatic carbocycles. The van der Waals surface area contributed by atoms with Crippen LogP contribution >= 0.6 is 0 Å². The van der Waals surface area contributed by atoms with Gasteiger partial charge in [-0.15, -0.1) is 0 Å². The predicted octanol–water partition coefficient (Wildman–Crippen LogP) is 1.61. The van der Waals surface area contributed by atoms with E-state index in [0.717, 1.165) is 45.4 Å². The lowest BCUT2D eigenvalue weighted by Gasteiger charge is -2.38. The van der Waals surface area contributed by atoms with Gasteiger partial charge in [-0.25, -0.2) is 4.98 Å². The second-order valence-electron chi connectivity index (χ2n) is 6.83. The number of hydrogen-bond donors (Lipinski definition) is 1. The van der Waals surface area contributed by atoms with E-state index < -0.39 is 0 Å². The van der Waals surface area contributed by atoms with Gasteiger partial charge in [-0.3, -0.25) is 4.79 Å². The lowest BCUT2D eigenvalue weighted by Crippen LogP contribution is -2.49. The Hall–Kier alpha value is -1.66. The molecule has 2 heterocycles. The Labute approximate surface area is 145 Å². The Bertz CT molecular complexity index is 534. The number of nitrogens with zero attached hydrogens (tertiary/aromatic N) is 4. The SMILES string of the molecule is CNc1ncccc1C(=O)N1CCC[C@H](N(C)CCCN(C)C)C1. The van der Waals surface area contributed by atoms with E-state index in [-0.39, 0.29) is 5.91 Å². The van der Waals surface area contributed by atoms with Crippen molar-refractivity contribution in [3.63, 3.8) is 0 Å². The molecule has 6 heteroatoms. The molecule has 0 unspecified atom stereocenters. The Morgan fingerprint density at radius 1 is 1.38 bits per heavy atom. The molecule has 24 heavy (non-hydrogen) atoms. The van der Waals surface area contributed by atoms with Gasteiger partial charge in [0.2, 0.25) is 0 Å². The van der Waals surface area contributed by atoms with Crippen LogP contribution < -0.4 is 5.32 Å². The van der Waals surface area contributed by atoms with Crippen molar-refractivity contribution in [1.82, 2.24) is 19.7 Å². The summed E-state index contributed by atoms with van der Waals surface area (Å²) in [7, 11) is 8.19. The van der Waals surface area contributed by atoms with Gasteiger partial charge in [0.1, 0.15) is 5.82 Å². The zero-order valence-electron chi connectivity index (χ0n) is 15.5. The summed E-state index contributed by atoms with van der Waals surface area (Å²) in [5.74, 6) is 0.739. The topological polar surface area (TPSA) is 51.7 Å². The number of rotatable bonds is 7. The summed E-state index contributed by atoms with van der Waals surface area (Å²) >= 11 is 0. The highest BCUT2D eigenvalue weighted by Gasteiger charge is 2.27. The molecular weight excluding hydrogens is 302 g/mol. The average Bonchev–Trinajstić information content (AvgIpc) is 2.60. The molecule has 134 valence electrons. The molecular formula is C18H31N5O. The summed E-state index contributed by atoms with van der Waals surface area (Å²) in [6, 6.07) is 4.12. The van der Waals surface area contributed by atoms with E-state index in [1.54, 1.807) is 13.2 Å². The van der Waals surface area contributed by atoms with E-state index in [1.807, 2.05) is 17.0 Å². The molecule has 0 spiro atoms. The molecule has 0 bridgehead atoms. The van der Waals surface area contributed by atoms with Crippen molar-refractivity contribution in [1.29, 1.82) is 0 Å². The third kappa shape index (κ3) is 4.92. The number of nitrogens with one attached hydrogen (secondary N) is 1. The van der Waals surface area contributed by atoms with Crippen molar-refractivity contribution in [3.8, 4) is 0 Å². The first-order valence-electron chi connectivity index (χ1n) is 8.80. The van der Waals surface area contributed by atoms with Crippen molar-refractivity contribution in [2.24, 2.45) is 0 Å². The molecule has 1 aromatic heterocycles. The van der Waals surface area contributed by atoms with Crippen LogP contribution in [0.3, 0.4) is 0 Å². The lowest BCUT2D eigenvalue weighted by atomic mass is 10.0. The standard InChI is InChI=1S/C18H31N5O/c1-19-17-16(9-5-10-20-17)18(24)23-13-6-8-15(14-23)22(4)12-7-11-21(2)3/h5,9-10,15H,6-8,11-14H2,1-4H3,(H,19,20)/t15-/m0/s1. The van der Waals surface area contributed by atoms with Gasteiger partial charge >= 0.3 is 0 Å². The van der Waals surface area contributed by atoms with Gasteiger partial charge in [-0.05, 0) is 65.6 Å². The van der Waals surface area contributed by atoms with Crippen LogP contribution in [0.4, 0.5) is 5.82 Å². The number of aromatic nitrogens is 1. The molecule has 0 aromatic carbocycles. The van der Waals surface area contributed by atoms with Gasteiger partial charge < -0.3 is 20.0 Å². The van der Waals surface area contributed by atoms with E-state index in [2.05, 4.69) is 41.2 Å². The van der Waals surface area contributed by atoms with Gasteiger partial charge in [0, 0.05) is 32.4 Å². The molecule has 1 amide bonds. The Kier molecular flexibility index (Phi) is 6.99.